The van der Waals surface area contributed by atoms with Crippen molar-refractivity contribution in [1.82, 2.24) is 14.9 Å². The number of carbonyl (C=O) groups is 1. The van der Waals surface area contributed by atoms with Gasteiger partial charge in [0.15, 0.2) is 0 Å². The molecule has 3 N–H and O–H groups in total. The van der Waals surface area contributed by atoms with Gasteiger partial charge in [0.1, 0.15) is 11.6 Å². The number of hydrogen-bond acceptors (Lipinski definition) is 7. The minimum absolute atomic E-state index is 0.129. The number of anilines is 3. The summed E-state index contributed by atoms with van der Waals surface area (Å²) < 4.78 is 5.18. The van der Waals surface area contributed by atoms with E-state index in [4.69, 9.17) is 10.5 Å². The second-order valence-electron chi connectivity index (χ2n) is 8.22. The average molecular weight is 374 g/mol. The number of likely N-dealkylation sites (tertiary alicyclic amines) is 1. The number of nitrogens with zero attached hydrogens (tertiary/aromatic N) is 4. The summed E-state index contributed by atoms with van der Waals surface area (Å²) in [5.74, 6) is 2.28. The summed E-state index contributed by atoms with van der Waals surface area (Å²) in [6, 6.07) is 2.54. The molecule has 8 nitrogen and oxygen atoms in total. The molecule has 2 aliphatic heterocycles. The van der Waals surface area contributed by atoms with Crippen LogP contribution >= 0.6 is 0 Å². The van der Waals surface area contributed by atoms with Crippen molar-refractivity contribution in [1.29, 1.82) is 0 Å². The molecular weight excluding hydrogens is 344 g/mol. The molecule has 1 amide bonds. The highest BCUT2D eigenvalue weighted by Gasteiger charge is 2.42. The zero-order valence-corrected chi connectivity index (χ0v) is 16.1. The largest absolute Gasteiger partial charge is 0.383 e. The maximum absolute atomic E-state index is 12.3. The van der Waals surface area contributed by atoms with Gasteiger partial charge in [-0.3, -0.25) is 4.79 Å². The first-order valence-electron chi connectivity index (χ1n) is 10.00. The van der Waals surface area contributed by atoms with Crippen molar-refractivity contribution in [3.63, 3.8) is 0 Å². The van der Waals surface area contributed by atoms with Gasteiger partial charge in [0.25, 0.3) is 0 Å². The first kappa shape index (κ1) is 18.3. The molecule has 1 aromatic heterocycles. The third-order valence-corrected chi connectivity index (χ3v) is 5.96. The number of nitrogen functional groups attached to an aromatic ring is 1. The average Bonchev–Trinajstić information content (AvgIpc) is 3.46. The molecular formula is C19H30N6O2. The molecule has 1 aromatic rings. The van der Waals surface area contributed by atoms with E-state index >= 15 is 0 Å². The summed E-state index contributed by atoms with van der Waals surface area (Å²) >= 11 is 0. The normalized spacial score (nSPS) is 25.9. The van der Waals surface area contributed by atoms with Crippen molar-refractivity contribution in [3.05, 3.63) is 6.07 Å². The van der Waals surface area contributed by atoms with E-state index in [-0.39, 0.29) is 11.3 Å². The summed E-state index contributed by atoms with van der Waals surface area (Å²) in [5.41, 5.74) is 6.10. The van der Waals surface area contributed by atoms with Gasteiger partial charge in [0, 0.05) is 57.2 Å². The Morgan fingerprint density at radius 2 is 2.19 bits per heavy atom. The molecule has 2 saturated heterocycles. The Morgan fingerprint density at radius 3 is 2.96 bits per heavy atom. The van der Waals surface area contributed by atoms with Gasteiger partial charge in [-0.25, -0.2) is 0 Å². The smallest absolute Gasteiger partial charge is 0.223 e. The SMILES string of the molecule is COCCN1C[C@]2(CCCN(c3cc(NC4CC4)nc(N)n3)C2)CCC1=O. The number of ether oxygens (including phenoxy) is 1. The molecule has 8 heteroatoms. The zero-order valence-electron chi connectivity index (χ0n) is 16.1. The highest BCUT2D eigenvalue weighted by atomic mass is 16.5. The quantitative estimate of drug-likeness (QED) is 0.778. The molecule has 27 heavy (non-hydrogen) atoms. The summed E-state index contributed by atoms with van der Waals surface area (Å²) in [5, 5.41) is 3.42. The standard InChI is InChI=1S/C19H30N6O2/c1-27-10-9-25-13-19(7-5-17(25)26)6-2-8-24(12-19)16-11-15(21-14-3-4-14)22-18(20)23-16/h11,14H,2-10,12-13H2,1H3,(H3,20,21,22,23)/t19-/m1/s1. The molecule has 0 radical (unpaired) electrons. The Kier molecular flexibility index (Phi) is 5.08. The number of aromatic nitrogens is 2. The number of piperidine rings is 2. The van der Waals surface area contributed by atoms with E-state index in [0.717, 1.165) is 50.5 Å². The van der Waals surface area contributed by atoms with Crippen LogP contribution in [0.15, 0.2) is 6.07 Å². The van der Waals surface area contributed by atoms with Gasteiger partial charge < -0.3 is 25.6 Å². The van der Waals surface area contributed by atoms with Gasteiger partial charge in [-0.1, -0.05) is 0 Å². The van der Waals surface area contributed by atoms with Crippen LogP contribution in [0.2, 0.25) is 0 Å². The zero-order chi connectivity index (χ0) is 18.9. The van der Waals surface area contributed by atoms with Crippen molar-refractivity contribution >= 4 is 23.5 Å². The minimum atomic E-state index is 0.129. The van der Waals surface area contributed by atoms with Crippen molar-refractivity contribution in [2.24, 2.45) is 5.41 Å². The number of rotatable bonds is 6. The number of nitrogens with one attached hydrogen (secondary N) is 1. The second-order valence-corrected chi connectivity index (χ2v) is 8.22. The minimum Gasteiger partial charge on any atom is -0.383 e. The van der Waals surface area contributed by atoms with Crippen LogP contribution in [0.5, 0.6) is 0 Å². The second kappa shape index (κ2) is 7.50. The topological polar surface area (TPSA) is 96.6 Å². The van der Waals surface area contributed by atoms with Crippen LogP contribution in [0.3, 0.4) is 0 Å². The van der Waals surface area contributed by atoms with Crippen LogP contribution in [0.25, 0.3) is 0 Å². The molecule has 1 spiro atoms. The molecule has 1 aliphatic carbocycles. The fraction of sp³-hybridized carbons (Fsp3) is 0.737. The Bertz CT molecular complexity index is 695. The van der Waals surface area contributed by atoms with Crippen LogP contribution in [0.1, 0.15) is 38.5 Å². The lowest BCUT2D eigenvalue weighted by Crippen LogP contribution is -2.54. The first-order valence-corrected chi connectivity index (χ1v) is 10.00. The van der Waals surface area contributed by atoms with Crippen LogP contribution in [-0.4, -0.2) is 66.7 Å². The van der Waals surface area contributed by atoms with Crippen molar-refractivity contribution in [2.45, 2.75) is 44.6 Å². The number of amides is 1. The summed E-state index contributed by atoms with van der Waals surface area (Å²) in [4.78, 5) is 25.4. The predicted molar refractivity (Wildman–Crippen MR) is 105 cm³/mol. The van der Waals surface area contributed by atoms with Crippen LogP contribution in [-0.2, 0) is 9.53 Å². The third kappa shape index (κ3) is 4.26. The van der Waals surface area contributed by atoms with Gasteiger partial charge in [-0.15, -0.1) is 0 Å². The number of hydrogen-bond donors (Lipinski definition) is 2. The Labute approximate surface area is 160 Å². The first-order chi connectivity index (χ1) is 13.1. The van der Waals surface area contributed by atoms with E-state index in [2.05, 4.69) is 20.2 Å². The molecule has 1 saturated carbocycles. The van der Waals surface area contributed by atoms with Gasteiger partial charge in [-0.05, 0) is 32.1 Å². The molecule has 3 heterocycles. The molecule has 1 atom stereocenters. The molecule has 0 unspecified atom stereocenters. The van der Waals surface area contributed by atoms with E-state index in [0.29, 0.717) is 31.6 Å². The fourth-order valence-corrected chi connectivity index (χ4v) is 4.37. The fourth-order valence-electron chi connectivity index (χ4n) is 4.37. The Morgan fingerprint density at radius 1 is 1.33 bits per heavy atom. The number of nitrogens with two attached hydrogens (primary N) is 1. The molecule has 3 fully saturated rings. The number of methoxy groups -OCH3 is 1. The van der Waals surface area contributed by atoms with Crippen LogP contribution in [0.4, 0.5) is 17.6 Å². The Hall–Kier alpha value is -2.09. The lowest BCUT2D eigenvalue weighted by molar-refractivity contribution is -0.138. The molecule has 3 aliphatic rings. The number of carbonyl (C=O) groups excluding carboxylic acids is 1. The molecule has 0 aromatic carbocycles. The van der Waals surface area contributed by atoms with Crippen molar-refractivity contribution in [2.75, 3.05) is 55.8 Å². The maximum atomic E-state index is 12.3. The summed E-state index contributed by atoms with van der Waals surface area (Å²) in [7, 11) is 1.68. The third-order valence-electron chi connectivity index (χ3n) is 5.96. The van der Waals surface area contributed by atoms with Crippen molar-refractivity contribution < 1.29 is 9.53 Å². The molecule has 4 rings (SSSR count). The predicted octanol–water partition coefficient (Wildman–Crippen LogP) is 1.49. The highest BCUT2D eigenvalue weighted by molar-refractivity contribution is 5.77. The van der Waals surface area contributed by atoms with E-state index in [9.17, 15) is 4.79 Å². The molecule has 0 bridgehead atoms. The van der Waals surface area contributed by atoms with Gasteiger partial charge in [0.05, 0.1) is 6.61 Å². The van der Waals surface area contributed by atoms with E-state index in [1.54, 1.807) is 7.11 Å². The van der Waals surface area contributed by atoms with Crippen LogP contribution in [0, 0.1) is 5.41 Å². The lowest BCUT2D eigenvalue weighted by atomic mass is 9.73. The Balaban J connectivity index is 1.49. The van der Waals surface area contributed by atoms with Crippen LogP contribution < -0.4 is 16.0 Å². The summed E-state index contributed by atoms with van der Waals surface area (Å²) in [6.45, 7) is 3.94. The van der Waals surface area contributed by atoms with E-state index < -0.39 is 0 Å². The summed E-state index contributed by atoms with van der Waals surface area (Å²) in [6.07, 6.45) is 6.20. The van der Waals surface area contributed by atoms with Crippen molar-refractivity contribution in [3.8, 4) is 0 Å². The lowest BCUT2D eigenvalue weighted by Gasteiger charge is -2.48. The van der Waals surface area contributed by atoms with Gasteiger partial charge >= 0.3 is 0 Å². The maximum Gasteiger partial charge on any atom is 0.223 e. The monoisotopic (exact) mass is 374 g/mol. The van der Waals surface area contributed by atoms with E-state index in [1.807, 2.05) is 11.0 Å². The highest BCUT2D eigenvalue weighted by Crippen LogP contribution is 2.40. The van der Waals surface area contributed by atoms with E-state index in [1.165, 1.54) is 12.8 Å². The van der Waals surface area contributed by atoms with Gasteiger partial charge in [0.2, 0.25) is 11.9 Å². The van der Waals surface area contributed by atoms with Gasteiger partial charge in [-0.2, -0.15) is 9.97 Å². The molecule has 148 valence electrons.